The monoisotopic (exact) mass is 301 g/mol. The van der Waals surface area contributed by atoms with E-state index in [9.17, 15) is 0 Å². The Balaban J connectivity index is 0.00000256. The molecule has 0 aliphatic rings. The van der Waals surface area contributed by atoms with Crippen LogP contribution < -0.4 is 21.5 Å². The van der Waals surface area contributed by atoms with Crippen molar-refractivity contribution in [2.75, 3.05) is 6.61 Å². The van der Waals surface area contributed by atoms with Crippen LogP contribution in [0.15, 0.2) is 24.5 Å². The Morgan fingerprint density at radius 3 is 2.65 bits per heavy atom. The van der Waals surface area contributed by atoms with Gasteiger partial charge in [-0.2, -0.15) is 0 Å². The summed E-state index contributed by atoms with van der Waals surface area (Å²) in [5.41, 5.74) is 1.43. The lowest BCUT2D eigenvalue weighted by Crippen LogP contribution is -3.00. The maximum absolute atomic E-state index is 8.67. The molecule has 98 valence electrons. The van der Waals surface area contributed by atoms with Crippen LogP contribution in [0.25, 0.3) is 0 Å². The third-order valence-electron chi connectivity index (χ3n) is 2.78. The summed E-state index contributed by atoms with van der Waals surface area (Å²) in [6.45, 7) is 3.65. The maximum atomic E-state index is 8.67. The lowest BCUT2D eigenvalue weighted by atomic mass is 10.1. The summed E-state index contributed by atoms with van der Waals surface area (Å²) in [5, 5.41) is 8.67. The normalized spacial score (nSPS) is 10.0. The molecule has 0 amide bonds. The standard InChI is InChI=1S/C14H24NO.BrH/c1-2-8-14-9-7-11-15(13-14)10-5-3-4-6-12-16;/h7,9,11,13,16H,2-6,8,10,12H2,1H3;1H/q+1;/p-1. The zero-order valence-electron chi connectivity index (χ0n) is 10.7. The molecule has 0 atom stereocenters. The van der Waals surface area contributed by atoms with Crippen molar-refractivity contribution in [2.24, 2.45) is 0 Å². The lowest BCUT2D eigenvalue weighted by Gasteiger charge is -2.00. The molecule has 1 N–H and O–H groups in total. The summed E-state index contributed by atoms with van der Waals surface area (Å²) in [6.07, 6.45) is 11.3. The highest BCUT2D eigenvalue weighted by Crippen LogP contribution is 2.01. The van der Waals surface area contributed by atoms with Crippen LogP contribution >= 0.6 is 0 Å². The van der Waals surface area contributed by atoms with Gasteiger partial charge < -0.3 is 22.1 Å². The van der Waals surface area contributed by atoms with E-state index in [2.05, 4.69) is 36.0 Å². The first-order chi connectivity index (χ1) is 7.86. The number of hydrogen-bond donors (Lipinski definition) is 1. The predicted octanol–water partition coefficient (Wildman–Crippen LogP) is -0.517. The Bertz CT molecular complexity index is 291. The van der Waals surface area contributed by atoms with E-state index in [1.807, 2.05) is 0 Å². The first kappa shape index (κ1) is 16.6. The Morgan fingerprint density at radius 2 is 1.94 bits per heavy atom. The quantitative estimate of drug-likeness (QED) is 0.507. The van der Waals surface area contributed by atoms with Crippen LogP contribution in [-0.4, -0.2) is 11.7 Å². The van der Waals surface area contributed by atoms with Gasteiger partial charge in [0, 0.05) is 24.7 Å². The number of aryl methyl sites for hydroxylation is 2. The Labute approximate surface area is 115 Å². The second kappa shape index (κ2) is 10.7. The molecule has 1 heterocycles. The molecule has 0 fully saturated rings. The zero-order chi connectivity index (χ0) is 11.6. The summed E-state index contributed by atoms with van der Waals surface area (Å²) in [4.78, 5) is 0. The fourth-order valence-corrected chi connectivity index (χ4v) is 1.91. The van der Waals surface area contributed by atoms with Crippen LogP contribution in [0.3, 0.4) is 0 Å². The summed E-state index contributed by atoms with van der Waals surface area (Å²) in [6, 6.07) is 4.34. The van der Waals surface area contributed by atoms with Crippen LogP contribution in [0.1, 0.15) is 44.6 Å². The average molecular weight is 302 g/mol. The molecule has 0 saturated heterocycles. The largest absolute Gasteiger partial charge is 1.00 e. The third kappa shape index (κ3) is 7.50. The molecular formula is C14H24BrNO. The van der Waals surface area contributed by atoms with Gasteiger partial charge in [0.2, 0.25) is 0 Å². The molecule has 0 unspecified atom stereocenters. The number of aliphatic hydroxyl groups excluding tert-OH is 1. The second-order valence-electron chi connectivity index (χ2n) is 4.34. The SMILES string of the molecule is CCCc1ccc[n+](CCCCCCO)c1.[Br-]. The van der Waals surface area contributed by atoms with E-state index >= 15 is 0 Å². The van der Waals surface area contributed by atoms with E-state index in [0.717, 1.165) is 19.4 Å². The fraction of sp³-hybridized carbons (Fsp3) is 0.643. The van der Waals surface area contributed by atoms with Crippen molar-refractivity contribution >= 4 is 0 Å². The first-order valence-corrected chi connectivity index (χ1v) is 6.45. The van der Waals surface area contributed by atoms with Crippen LogP contribution in [0.4, 0.5) is 0 Å². The van der Waals surface area contributed by atoms with Crippen molar-refractivity contribution in [1.29, 1.82) is 0 Å². The molecular weight excluding hydrogens is 278 g/mol. The van der Waals surface area contributed by atoms with Crippen LogP contribution in [0.2, 0.25) is 0 Å². The topological polar surface area (TPSA) is 24.1 Å². The number of rotatable bonds is 8. The highest BCUT2D eigenvalue weighted by molar-refractivity contribution is 5.04. The van der Waals surface area contributed by atoms with E-state index < -0.39 is 0 Å². The van der Waals surface area contributed by atoms with Crippen molar-refractivity contribution in [2.45, 2.75) is 52.0 Å². The molecule has 3 heteroatoms. The van der Waals surface area contributed by atoms with Gasteiger partial charge in [-0.3, -0.25) is 0 Å². The first-order valence-electron chi connectivity index (χ1n) is 6.45. The third-order valence-corrected chi connectivity index (χ3v) is 2.78. The van der Waals surface area contributed by atoms with Crippen molar-refractivity contribution < 1.29 is 26.7 Å². The number of nitrogens with zero attached hydrogens (tertiary/aromatic N) is 1. The van der Waals surface area contributed by atoms with Crippen LogP contribution in [0.5, 0.6) is 0 Å². The molecule has 0 aliphatic carbocycles. The number of aliphatic hydroxyl groups is 1. The van der Waals surface area contributed by atoms with E-state index in [-0.39, 0.29) is 17.0 Å². The molecule has 0 spiro atoms. The van der Waals surface area contributed by atoms with E-state index in [4.69, 9.17) is 5.11 Å². The minimum Gasteiger partial charge on any atom is -1.00 e. The van der Waals surface area contributed by atoms with Crippen LogP contribution in [0, 0.1) is 0 Å². The summed E-state index contributed by atoms with van der Waals surface area (Å²) in [7, 11) is 0. The van der Waals surface area contributed by atoms with Gasteiger partial charge in [-0.05, 0) is 25.3 Å². The molecule has 0 radical (unpaired) electrons. The van der Waals surface area contributed by atoms with Gasteiger partial charge in [0.1, 0.15) is 6.54 Å². The van der Waals surface area contributed by atoms with E-state index in [0.29, 0.717) is 6.61 Å². The minimum atomic E-state index is 0. The molecule has 0 bridgehead atoms. The van der Waals surface area contributed by atoms with Crippen molar-refractivity contribution in [3.8, 4) is 0 Å². The maximum Gasteiger partial charge on any atom is 0.171 e. The number of hydrogen-bond acceptors (Lipinski definition) is 1. The lowest BCUT2D eigenvalue weighted by molar-refractivity contribution is -0.697. The zero-order valence-corrected chi connectivity index (χ0v) is 12.3. The van der Waals surface area contributed by atoms with Gasteiger partial charge in [0.15, 0.2) is 12.4 Å². The molecule has 0 aromatic carbocycles. The van der Waals surface area contributed by atoms with E-state index in [1.54, 1.807) is 0 Å². The van der Waals surface area contributed by atoms with Gasteiger partial charge >= 0.3 is 0 Å². The van der Waals surface area contributed by atoms with Crippen molar-refractivity contribution in [3.63, 3.8) is 0 Å². The van der Waals surface area contributed by atoms with Gasteiger partial charge in [-0.15, -0.1) is 0 Å². The highest BCUT2D eigenvalue weighted by Gasteiger charge is 2.01. The van der Waals surface area contributed by atoms with Gasteiger partial charge in [-0.1, -0.05) is 19.8 Å². The van der Waals surface area contributed by atoms with Gasteiger partial charge in [-0.25, -0.2) is 4.57 Å². The second-order valence-corrected chi connectivity index (χ2v) is 4.34. The highest BCUT2D eigenvalue weighted by atomic mass is 79.9. The fourth-order valence-electron chi connectivity index (χ4n) is 1.91. The molecule has 17 heavy (non-hydrogen) atoms. The van der Waals surface area contributed by atoms with Crippen molar-refractivity contribution in [1.82, 2.24) is 0 Å². The summed E-state index contributed by atoms with van der Waals surface area (Å²) < 4.78 is 2.28. The molecule has 1 aromatic rings. The number of halogens is 1. The summed E-state index contributed by atoms with van der Waals surface area (Å²) >= 11 is 0. The van der Waals surface area contributed by atoms with Crippen LogP contribution in [-0.2, 0) is 13.0 Å². The Kier molecular flexibility index (Phi) is 10.5. The summed E-state index contributed by atoms with van der Waals surface area (Å²) in [5.74, 6) is 0. The number of unbranched alkanes of at least 4 members (excludes halogenated alkanes) is 3. The molecule has 1 rings (SSSR count). The smallest absolute Gasteiger partial charge is 0.171 e. The Hall–Kier alpha value is -0.410. The predicted molar refractivity (Wildman–Crippen MR) is 66.2 cm³/mol. The Morgan fingerprint density at radius 1 is 1.18 bits per heavy atom. The molecule has 0 aliphatic heterocycles. The van der Waals surface area contributed by atoms with Gasteiger partial charge in [0.25, 0.3) is 0 Å². The number of aromatic nitrogens is 1. The van der Waals surface area contributed by atoms with Gasteiger partial charge in [0.05, 0.1) is 0 Å². The molecule has 0 saturated carbocycles. The molecule has 2 nitrogen and oxygen atoms in total. The molecule has 1 aromatic heterocycles. The number of pyridine rings is 1. The average Bonchev–Trinajstić information content (AvgIpc) is 2.30. The van der Waals surface area contributed by atoms with E-state index in [1.165, 1.54) is 31.2 Å². The minimum absolute atomic E-state index is 0. The van der Waals surface area contributed by atoms with Crippen molar-refractivity contribution in [3.05, 3.63) is 30.1 Å².